The minimum absolute atomic E-state index is 0.533. The molecule has 0 bridgehead atoms. The molecule has 2 heterocycles. The largest absolute Gasteiger partial charge is 0.362 e. The quantitative estimate of drug-likeness (QED) is 0.789. The van der Waals surface area contributed by atoms with Gasteiger partial charge in [0.15, 0.2) is 0 Å². The molecule has 0 fully saturated rings. The highest BCUT2D eigenvalue weighted by atomic mass is 79.9. The van der Waals surface area contributed by atoms with Crippen molar-refractivity contribution in [3.63, 3.8) is 0 Å². The van der Waals surface area contributed by atoms with Crippen molar-refractivity contribution in [3.8, 4) is 0 Å². The van der Waals surface area contributed by atoms with Crippen molar-refractivity contribution < 1.29 is 0 Å². The number of fused-ring (bicyclic) bond motifs is 1. The minimum atomic E-state index is 0.533. The van der Waals surface area contributed by atoms with Crippen molar-refractivity contribution in [1.82, 2.24) is 9.55 Å². The molecule has 1 aromatic heterocycles. The molecule has 0 saturated heterocycles. The van der Waals surface area contributed by atoms with Gasteiger partial charge in [0.05, 0.1) is 6.54 Å². The van der Waals surface area contributed by atoms with E-state index in [0.29, 0.717) is 5.88 Å². The number of hydrogen-bond donors (Lipinski definition) is 0. The Morgan fingerprint density at radius 2 is 2.22 bits per heavy atom. The molecule has 0 radical (unpaired) electrons. The van der Waals surface area contributed by atoms with Crippen molar-refractivity contribution in [2.75, 3.05) is 11.4 Å². The molecule has 3 nitrogen and oxygen atoms in total. The number of benzene rings is 1. The Bertz CT molecular complexity index is 567. The molecule has 0 spiro atoms. The van der Waals surface area contributed by atoms with Gasteiger partial charge >= 0.3 is 0 Å². The molecule has 0 atom stereocenters. The van der Waals surface area contributed by atoms with E-state index in [1.54, 1.807) is 0 Å². The molecule has 2 aromatic rings. The van der Waals surface area contributed by atoms with Gasteiger partial charge in [-0.3, -0.25) is 0 Å². The van der Waals surface area contributed by atoms with Gasteiger partial charge in [-0.2, -0.15) is 0 Å². The van der Waals surface area contributed by atoms with E-state index in [-0.39, 0.29) is 0 Å². The monoisotopic (exact) mass is 325 g/mol. The van der Waals surface area contributed by atoms with Crippen LogP contribution in [0.25, 0.3) is 0 Å². The van der Waals surface area contributed by atoms with Crippen LogP contribution < -0.4 is 4.90 Å². The van der Waals surface area contributed by atoms with Gasteiger partial charge in [0, 0.05) is 41.5 Å². The molecule has 5 heteroatoms. The summed E-state index contributed by atoms with van der Waals surface area (Å²) in [5.41, 5.74) is 2.34. The maximum Gasteiger partial charge on any atom is 0.128 e. The molecule has 0 unspecified atom stereocenters. The molecule has 0 amide bonds. The Morgan fingerprint density at radius 1 is 1.33 bits per heavy atom. The van der Waals surface area contributed by atoms with E-state index in [1.807, 2.05) is 12.4 Å². The first-order chi connectivity index (χ1) is 8.78. The van der Waals surface area contributed by atoms with Crippen molar-refractivity contribution in [2.45, 2.75) is 19.0 Å². The van der Waals surface area contributed by atoms with Crippen LogP contribution in [0.1, 0.15) is 11.4 Å². The highest BCUT2D eigenvalue weighted by Gasteiger charge is 2.17. The molecule has 3 rings (SSSR count). The summed E-state index contributed by atoms with van der Waals surface area (Å²) in [5.74, 6) is 1.66. The van der Waals surface area contributed by atoms with Gasteiger partial charge in [0.2, 0.25) is 0 Å². The van der Waals surface area contributed by atoms with Crippen LogP contribution in [0.3, 0.4) is 0 Å². The summed E-state index contributed by atoms with van der Waals surface area (Å²) in [6, 6.07) is 6.34. The number of anilines is 1. The molecule has 0 N–H and O–H groups in total. The fourth-order valence-electron chi connectivity index (χ4n) is 2.24. The lowest BCUT2D eigenvalue weighted by Gasteiger charge is -2.29. The zero-order valence-corrected chi connectivity index (χ0v) is 12.2. The predicted octanol–water partition coefficient (Wildman–Crippen LogP) is 3.40. The van der Waals surface area contributed by atoms with Gasteiger partial charge in [0.25, 0.3) is 0 Å². The minimum Gasteiger partial charge on any atom is -0.362 e. The van der Waals surface area contributed by atoms with Crippen LogP contribution in [0.2, 0.25) is 0 Å². The molecular weight excluding hydrogens is 314 g/mol. The highest BCUT2D eigenvalue weighted by Crippen LogP contribution is 2.27. The number of nitrogens with zero attached hydrogens (tertiary/aromatic N) is 3. The van der Waals surface area contributed by atoms with Gasteiger partial charge in [-0.1, -0.05) is 22.0 Å². The number of rotatable bonds is 2. The second-order valence-corrected chi connectivity index (χ2v) is 5.49. The summed E-state index contributed by atoms with van der Waals surface area (Å²) in [6.45, 7) is 2.86. The first kappa shape index (κ1) is 12.1. The van der Waals surface area contributed by atoms with Gasteiger partial charge < -0.3 is 9.47 Å². The lowest BCUT2D eigenvalue weighted by atomic mass is 10.2. The Hall–Kier alpha value is -1.00. The lowest BCUT2D eigenvalue weighted by molar-refractivity contribution is 0.560. The molecule has 0 saturated carbocycles. The fourth-order valence-corrected chi connectivity index (χ4v) is 3.14. The molecule has 94 valence electrons. The average molecular weight is 327 g/mol. The van der Waals surface area contributed by atoms with Gasteiger partial charge in [-0.25, -0.2) is 4.98 Å². The summed E-state index contributed by atoms with van der Waals surface area (Å²) in [6.07, 6.45) is 3.91. The van der Waals surface area contributed by atoms with E-state index in [4.69, 9.17) is 11.6 Å². The predicted molar refractivity (Wildman–Crippen MR) is 77.0 cm³/mol. The molecular formula is C13H13BrClN3. The van der Waals surface area contributed by atoms with Crippen molar-refractivity contribution >= 4 is 33.2 Å². The van der Waals surface area contributed by atoms with Crippen LogP contribution in [0.4, 0.5) is 5.69 Å². The number of halogens is 2. The van der Waals surface area contributed by atoms with E-state index >= 15 is 0 Å². The summed E-state index contributed by atoms with van der Waals surface area (Å²) < 4.78 is 3.28. The van der Waals surface area contributed by atoms with E-state index in [2.05, 4.69) is 48.6 Å². The summed E-state index contributed by atoms with van der Waals surface area (Å²) >= 11 is 9.43. The van der Waals surface area contributed by atoms with Crippen LogP contribution in [-0.2, 0) is 19.0 Å². The van der Waals surface area contributed by atoms with E-state index in [9.17, 15) is 0 Å². The van der Waals surface area contributed by atoms with Crippen molar-refractivity contribution in [3.05, 3.63) is 46.5 Å². The van der Waals surface area contributed by atoms with Crippen molar-refractivity contribution in [1.29, 1.82) is 0 Å². The lowest BCUT2D eigenvalue weighted by Crippen LogP contribution is -2.33. The van der Waals surface area contributed by atoms with Gasteiger partial charge in [-0.05, 0) is 17.7 Å². The zero-order chi connectivity index (χ0) is 12.5. The molecule has 18 heavy (non-hydrogen) atoms. The van der Waals surface area contributed by atoms with Gasteiger partial charge in [0.1, 0.15) is 5.82 Å². The number of hydrogen-bond acceptors (Lipinski definition) is 2. The average Bonchev–Trinajstić information content (AvgIpc) is 2.85. The Morgan fingerprint density at radius 3 is 3.00 bits per heavy atom. The SMILES string of the molecule is ClCc1ccc(N2CCn3ccnc3C2)cc1Br. The maximum absolute atomic E-state index is 5.87. The molecule has 1 aliphatic heterocycles. The normalized spacial score (nSPS) is 14.7. The standard InChI is InChI=1S/C13H13BrClN3/c14-12-7-11(2-1-10(12)8-15)18-6-5-17-4-3-16-13(17)9-18/h1-4,7H,5-6,8-9H2. The van der Waals surface area contributed by atoms with Gasteiger partial charge in [-0.15, -0.1) is 11.6 Å². The first-order valence-electron chi connectivity index (χ1n) is 5.87. The summed E-state index contributed by atoms with van der Waals surface area (Å²) in [5, 5.41) is 0. The topological polar surface area (TPSA) is 21.1 Å². The number of aromatic nitrogens is 2. The Labute approximate surface area is 120 Å². The van der Waals surface area contributed by atoms with Crippen LogP contribution in [0, 0.1) is 0 Å². The smallest absolute Gasteiger partial charge is 0.128 e. The van der Waals surface area contributed by atoms with Crippen LogP contribution in [0.5, 0.6) is 0 Å². The third kappa shape index (κ3) is 2.15. The fraction of sp³-hybridized carbons (Fsp3) is 0.308. The Balaban J connectivity index is 1.86. The summed E-state index contributed by atoms with van der Waals surface area (Å²) in [4.78, 5) is 6.72. The second-order valence-electron chi connectivity index (χ2n) is 4.37. The number of alkyl halides is 1. The number of imidazole rings is 1. The van der Waals surface area contributed by atoms with Crippen LogP contribution >= 0.6 is 27.5 Å². The molecule has 0 aliphatic carbocycles. The summed E-state index contributed by atoms with van der Waals surface area (Å²) in [7, 11) is 0. The second kappa shape index (κ2) is 4.94. The highest BCUT2D eigenvalue weighted by molar-refractivity contribution is 9.10. The van der Waals surface area contributed by atoms with Crippen molar-refractivity contribution in [2.24, 2.45) is 0 Å². The van der Waals surface area contributed by atoms with E-state index in [0.717, 1.165) is 35.5 Å². The van der Waals surface area contributed by atoms with E-state index < -0.39 is 0 Å². The van der Waals surface area contributed by atoms with Crippen LogP contribution in [0.15, 0.2) is 35.1 Å². The third-order valence-electron chi connectivity index (χ3n) is 3.29. The molecule has 1 aliphatic rings. The zero-order valence-electron chi connectivity index (χ0n) is 9.81. The van der Waals surface area contributed by atoms with E-state index in [1.165, 1.54) is 5.69 Å². The van der Waals surface area contributed by atoms with Crippen LogP contribution in [-0.4, -0.2) is 16.1 Å². The maximum atomic E-state index is 5.87. The Kier molecular flexibility index (Phi) is 3.31. The third-order valence-corrected chi connectivity index (χ3v) is 4.32. The molecule has 1 aromatic carbocycles. The first-order valence-corrected chi connectivity index (χ1v) is 7.20.